The minimum absolute atomic E-state index is 0. The summed E-state index contributed by atoms with van der Waals surface area (Å²) in [7, 11) is 0. The Balaban J connectivity index is -0.000000314. The van der Waals surface area contributed by atoms with E-state index in [0.29, 0.717) is 29.9 Å². The Morgan fingerprint density at radius 2 is 1.19 bits per heavy atom. The third-order valence-electron chi connectivity index (χ3n) is 5.55. The van der Waals surface area contributed by atoms with Gasteiger partial charge < -0.3 is 20.2 Å². The number of halogens is 3. The molecule has 0 spiro atoms. The summed E-state index contributed by atoms with van der Waals surface area (Å²) < 4.78 is 26.0. The molecule has 2 fully saturated rings. The first-order chi connectivity index (χ1) is 21.5. The van der Waals surface area contributed by atoms with E-state index in [-0.39, 0.29) is 78.8 Å². The van der Waals surface area contributed by atoms with Crippen LogP contribution in [0.2, 0.25) is 0 Å². The zero-order valence-electron chi connectivity index (χ0n) is 28.2. The predicted octanol–water partition coefficient (Wildman–Crippen LogP) is 4.89. The molecule has 2 aliphatic carbocycles. The van der Waals surface area contributed by atoms with Gasteiger partial charge >= 0.3 is 0 Å². The van der Waals surface area contributed by atoms with Crippen LogP contribution in [0.3, 0.4) is 0 Å². The molecule has 3 atom stereocenters. The maximum atomic E-state index is 13.1. The average Bonchev–Trinajstić information content (AvgIpc) is 3.03. The molecule has 0 aromatic carbocycles. The Morgan fingerprint density at radius 1 is 0.766 bits per heavy atom. The largest absolute Gasteiger partial charge is 0.394 e. The number of nitrogens with one attached hydrogen (secondary N) is 4. The molecule has 2 saturated heterocycles. The molecule has 6 amide bonds. The summed E-state index contributed by atoms with van der Waals surface area (Å²) in [4.78, 5) is 68.4. The number of allylic oxidation sites excluding steroid dienone is 4. The minimum Gasteiger partial charge on any atom is -0.394 e. The van der Waals surface area contributed by atoms with Gasteiger partial charge in [-0.3, -0.25) is 34.2 Å². The van der Waals surface area contributed by atoms with E-state index in [4.69, 9.17) is 11.6 Å². The number of carbonyl (C=O) groups excluding carboxylic acids is 6. The van der Waals surface area contributed by atoms with Gasteiger partial charge in [-0.1, -0.05) is 61.8 Å². The van der Waals surface area contributed by atoms with Gasteiger partial charge in [0.2, 0.25) is 23.6 Å². The molecule has 266 valence electrons. The Bertz CT molecular complexity index is 1160. The fraction of sp³-hybridized carbons (Fsp3) is 0.562. The van der Waals surface area contributed by atoms with Crippen LogP contribution < -0.4 is 21.3 Å². The van der Waals surface area contributed by atoms with Crippen LogP contribution in [0.5, 0.6) is 0 Å². The quantitative estimate of drug-likeness (QED) is 0.233. The number of hydrogen-bond donors (Lipinski definition) is 4. The van der Waals surface area contributed by atoms with Crippen molar-refractivity contribution in [1.82, 2.24) is 21.3 Å². The number of carbonyl (C=O) groups is 6. The van der Waals surface area contributed by atoms with Gasteiger partial charge in [0.15, 0.2) is 0 Å². The molecule has 15 heteroatoms. The molecule has 4 rings (SSSR count). The van der Waals surface area contributed by atoms with Crippen LogP contribution in [0.4, 0.5) is 8.78 Å². The van der Waals surface area contributed by atoms with Gasteiger partial charge in [-0.15, -0.1) is 34.9 Å². The standard InChI is InChI=1S/C12H12ClN2O3.C12H11F2N2O3.4C2H6.2W/c13-8-3-1-2-7(6-8)11(17)14-9-4-5-10(16)15-12(9)18;13-7-3-6(4-8(14)5-7)11(18)15-9-1-2-10(17)16-12(9)19;4*1-2;;/h2,9H,1,3-5H2,(H,14,17)(H,15,16,18);3,7,9H,1-2,5H2,(H,15,18)(H,16,17,19);4*1-2H3;;/q2*-1;;;;;;. The summed E-state index contributed by atoms with van der Waals surface area (Å²) in [6.07, 6.45) is 7.73. The molecule has 4 aliphatic rings. The minimum atomic E-state index is -1.58. The summed E-state index contributed by atoms with van der Waals surface area (Å²) in [6.45, 7) is 16.0. The second-order valence-electron chi connectivity index (χ2n) is 8.47. The van der Waals surface area contributed by atoms with Crippen LogP contribution in [-0.2, 0) is 70.9 Å². The van der Waals surface area contributed by atoms with Crippen molar-refractivity contribution in [2.75, 3.05) is 0 Å². The van der Waals surface area contributed by atoms with Crippen molar-refractivity contribution >= 4 is 47.0 Å². The molecular weight excluding hydrogens is 978 g/mol. The summed E-state index contributed by atoms with van der Waals surface area (Å²) in [5.41, 5.74) is 0.0666. The summed E-state index contributed by atoms with van der Waals surface area (Å²) in [6, 6.07) is -1.55. The van der Waals surface area contributed by atoms with Crippen LogP contribution in [0.1, 0.15) is 100 Å². The molecule has 10 nitrogen and oxygen atoms in total. The number of piperidine rings is 2. The Hall–Kier alpha value is -2.29. The zero-order chi connectivity index (χ0) is 35.1. The number of imide groups is 2. The third-order valence-corrected chi connectivity index (χ3v) is 5.84. The van der Waals surface area contributed by atoms with Crippen molar-refractivity contribution in [3.63, 3.8) is 0 Å². The van der Waals surface area contributed by atoms with Crippen LogP contribution in [-0.4, -0.2) is 53.7 Å². The molecule has 0 bridgehead atoms. The Kier molecular flexibility index (Phi) is 32.7. The van der Waals surface area contributed by atoms with Crippen LogP contribution in [0.15, 0.2) is 34.2 Å². The van der Waals surface area contributed by atoms with E-state index in [2.05, 4.69) is 33.4 Å². The van der Waals surface area contributed by atoms with E-state index in [9.17, 15) is 37.5 Å². The summed E-state index contributed by atoms with van der Waals surface area (Å²) >= 11 is 5.81. The smallest absolute Gasteiger partial charge is 0.248 e. The molecule has 4 N–H and O–H groups in total. The normalized spacial score (nSPS) is 20.7. The maximum absolute atomic E-state index is 13.1. The topological polar surface area (TPSA) is 151 Å². The van der Waals surface area contributed by atoms with E-state index in [0.717, 1.165) is 6.08 Å². The van der Waals surface area contributed by atoms with E-state index >= 15 is 0 Å². The van der Waals surface area contributed by atoms with E-state index in [1.165, 1.54) is 0 Å². The molecule has 0 radical (unpaired) electrons. The van der Waals surface area contributed by atoms with Crippen LogP contribution in [0, 0.1) is 12.2 Å². The van der Waals surface area contributed by atoms with E-state index in [1.54, 1.807) is 6.08 Å². The van der Waals surface area contributed by atoms with Gasteiger partial charge in [0, 0.05) is 67.2 Å². The van der Waals surface area contributed by atoms with Crippen molar-refractivity contribution in [3.05, 3.63) is 46.3 Å². The van der Waals surface area contributed by atoms with Crippen molar-refractivity contribution in [1.29, 1.82) is 0 Å². The van der Waals surface area contributed by atoms with Crippen molar-refractivity contribution in [3.8, 4) is 0 Å². The fourth-order valence-corrected chi connectivity index (χ4v) is 3.88. The first-order valence-corrected chi connectivity index (χ1v) is 15.8. The molecule has 2 heterocycles. The SMILES string of the molecule is CC.CC.CC.CC.O=C1CCC(NC(=O)C2=CC(F)CC(F)=[C-]2)C(=O)N1.O=C1CCC(NC(=O)C2=CCCC(Cl)=[C-]2)C(=O)N1.[W].[W]. The van der Waals surface area contributed by atoms with Crippen molar-refractivity contribution < 1.29 is 79.7 Å². The molecule has 47 heavy (non-hydrogen) atoms. The van der Waals surface area contributed by atoms with E-state index in [1.807, 2.05) is 55.4 Å². The van der Waals surface area contributed by atoms with Crippen molar-refractivity contribution in [2.45, 2.75) is 119 Å². The first-order valence-electron chi connectivity index (χ1n) is 15.4. The number of alkyl halides is 1. The summed E-state index contributed by atoms with van der Waals surface area (Å²) in [5.74, 6) is -3.82. The monoisotopic (exact) mass is 1020 g/mol. The van der Waals surface area contributed by atoms with Gasteiger partial charge in [-0.25, -0.2) is 4.39 Å². The van der Waals surface area contributed by atoms with Crippen LogP contribution in [0.25, 0.3) is 0 Å². The molecule has 2 aliphatic heterocycles. The molecular formula is C32H47ClF2N4O6W2-2. The molecule has 0 aromatic rings. The number of amides is 6. The summed E-state index contributed by atoms with van der Waals surface area (Å²) in [5, 5.41) is 9.65. The van der Waals surface area contributed by atoms with Gasteiger partial charge in [0.1, 0.15) is 11.8 Å². The van der Waals surface area contributed by atoms with Crippen molar-refractivity contribution in [2.24, 2.45) is 0 Å². The van der Waals surface area contributed by atoms with Gasteiger partial charge in [0.05, 0.1) is 18.3 Å². The van der Waals surface area contributed by atoms with E-state index < -0.39 is 54.1 Å². The van der Waals surface area contributed by atoms with Gasteiger partial charge in [-0.05, 0) is 24.3 Å². The Labute approximate surface area is 311 Å². The second-order valence-corrected chi connectivity index (χ2v) is 8.93. The number of rotatable bonds is 4. The fourth-order valence-electron chi connectivity index (χ4n) is 3.67. The molecule has 0 aromatic heterocycles. The molecule has 3 unspecified atom stereocenters. The average molecular weight is 1020 g/mol. The first kappa shape index (κ1) is 51.5. The number of hydrogen-bond acceptors (Lipinski definition) is 6. The zero-order valence-corrected chi connectivity index (χ0v) is 34.9. The van der Waals surface area contributed by atoms with Gasteiger partial charge in [-0.2, -0.15) is 12.2 Å². The predicted molar refractivity (Wildman–Crippen MR) is 169 cm³/mol. The third kappa shape index (κ3) is 20.0. The second kappa shape index (κ2) is 29.8. The maximum Gasteiger partial charge on any atom is 0.248 e. The molecule has 0 saturated carbocycles. The van der Waals surface area contributed by atoms with Gasteiger partial charge in [0.25, 0.3) is 0 Å². The Morgan fingerprint density at radius 3 is 1.57 bits per heavy atom. The van der Waals surface area contributed by atoms with Crippen LogP contribution >= 0.6 is 11.6 Å².